The summed E-state index contributed by atoms with van der Waals surface area (Å²) in [4.78, 5) is 22.8. The van der Waals surface area contributed by atoms with Crippen LogP contribution < -0.4 is 9.80 Å². The highest BCUT2D eigenvalue weighted by Gasteiger charge is 2.48. The van der Waals surface area contributed by atoms with Gasteiger partial charge in [-0.2, -0.15) is 26.3 Å². The molecule has 2 saturated heterocycles. The first-order chi connectivity index (χ1) is 18.6. The third-order valence-corrected chi connectivity index (χ3v) is 6.78. The molecule has 2 heterocycles. The predicted octanol–water partition coefficient (Wildman–Crippen LogP) is 4.97. The highest BCUT2D eigenvalue weighted by Crippen LogP contribution is 2.35. The molecule has 0 aromatic heterocycles. The minimum absolute atomic E-state index is 0.124. The first-order valence-electron chi connectivity index (χ1n) is 12.1. The van der Waals surface area contributed by atoms with Crippen molar-refractivity contribution in [2.24, 2.45) is 0 Å². The van der Waals surface area contributed by atoms with Crippen LogP contribution in [0, 0.1) is 20.2 Å². The molecule has 2 fully saturated rings. The van der Waals surface area contributed by atoms with E-state index >= 15 is 0 Å². The molecule has 0 spiro atoms. The number of halogens is 6. The molecule has 0 saturated carbocycles. The Morgan fingerprint density at radius 2 is 0.975 bits per heavy atom. The van der Waals surface area contributed by atoms with Gasteiger partial charge in [0.1, 0.15) is 0 Å². The Bertz CT molecular complexity index is 1070. The molecular formula is C24H26F6N4O6. The molecule has 0 bridgehead atoms. The zero-order chi connectivity index (χ0) is 29.8. The summed E-state index contributed by atoms with van der Waals surface area (Å²) in [5.41, 5.74) is 0.643. The zero-order valence-corrected chi connectivity index (χ0v) is 20.8. The second-order valence-corrected chi connectivity index (χ2v) is 9.33. The van der Waals surface area contributed by atoms with Crippen molar-refractivity contribution in [3.05, 3.63) is 68.8 Å². The van der Waals surface area contributed by atoms with Crippen LogP contribution in [0.1, 0.15) is 25.7 Å². The van der Waals surface area contributed by atoms with Crippen LogP contribution in [0.15, 0.2) is 48.5 Å². The van der Waals surface area contributed by atoms with Gasteiger partial charge in [-0.25, -0.2) is 0 Å². The first kappa shape index (κ1) is 30.9. The SMILES string of the molecule is O=[N+]([O-])c1ccc(N2CCC[C@H]2[C@@H](O)C(F)(F)F)cc1.O=[N+]([O-])c1ccc(N2CCC[C@H]2[C@H](O)C(F)(F)F)cc1. The topological polar surface area (TPSA) is 133 Å². The van der Waals surface area contributed by atoms with Crippen molar-refractivity contribution in [3.63, 3.8) is 0 Å². The predicted molar refractivity (Wildman–Crippen MR) is 131 cm³/mol. The van der Waals surface area contributed by atoms with Crippen LogP contribution in [-0.2, 0) is 0 Å². The monoisotopic (exact) mass is 580 g/mol. The fourth-order valence-electron chi connectivity index (χ4n) is 4.85. The van der Waals surface area contributed by atoms with Gasteiger partial charge in [0, 0.05) is 48.7 Å². The molecule has 10 nitrogen and oxygen atoms in total. The molecule has 2 aromatic rings. The number of benzene rings is 2. The average Bonchev–Trinajstić information content (AvgIpc) is 3.57. The van der Waals surface area contributed by atoms with Crippen LogP contribution in [0.2, 0.25) is 0 Å². The van der Waals surface area contributed by atoms with Gasteiger partial charge < -0.3 is 20.0 Å². The van der Waals surface area contributed by atoms with Crippen molar-refractivity contribution in [1.82, 2.24) is 0 Å². The maximum atomic E-state index is 12.6. The number of alkyl halides is 6. The third kappa shape index (κ3) is 7.29. The number of hydrogen-bond acceptors (Lipinski definition) is 8. The van der Waals surface area contributed by atoms with Gasteiger partial charge in [-0.05, 0) is 49.9 Å². The molecule has 2 aliphatic heterocycles. The Morgan fingerprint density at radius 3 is 1.23 bits per heavy atom. The molecule has 0 radical (unpaired) electrons. The van der Waals surface area contributed by atoms with E-state index in [1.807, 2.05) is 0 Å². The molecule has 2 aromatic carbocycles. The highest BCUT2D eigenvalue weighted by molar-refractivity contribution is 5.53. The van der Waals surface area contributed by atoms with Crippen LogP contribution in [0.25, 0.3) is 0 Å². The Balaban J connectivity index is 0.000000220. The highest BCUT2D eigenvalue weighted by atomic mass is 19.4. The number of rotatable bonds is 6. The first-order valence-corrected chi connectivity index (χ1v) is 12.1. The largest absolute Gasteiger partial charge is 0.416 e. The minimum atomic E-state index is -4.67. The third-order valence-electron chi connectivity index (χ3n) is 6.78. The molecule has 2 N–H and O–H groups in total. The van der Waals surface area contributed by atoms with Crippen LogP contribution >= 0.6 is 0 Å². The van der Waals surface area contributed by atoms with E-state index in [0.29, 0.717) is 37.3 Å². The summed E-state index contributed by atoms with van der Waals surface area (Å²) < 4.78 is 75.6. The second kappa shape index (κ2) is 12.2. The molecule has 40 heavy (non-hydrogen) atoms. The number of nitro groups is 2. The number of nitro benzene ring substituents is 2. The average molecular weight is 580 g/mol. The molecule has 4 rings (SSSR count). The molecule has 0 unspecified atom stereocenters. The van der Waals surface area contributed by atoms with E-state index in [1.165, 1.54) is 58.3 Å². The minimum Gasteiger partial charge on any atom is -0.382 e. The van der Waals surface area contributed by atoms with E-state index < -0.39 is 46.5 Å². The van der Waals surface area contributed by atoms with E-state index in [4.69, 9.17) is 0 Å². The lowest BCUT2D eigenvalue weighted by molar-refractivity contribution is -0.385. The summed E-state index contributed by atoms with van der Waals surface area (Å²) in [6.07, 6.45) is -12.6. The van der Waals surface area contributed by atoms with Crippen molar-refractivity contribution in [2.75, 3.05) is 22.9 Å². The number of aliphatic hydroxyl groups excluding tert-OH is 2. The fraction of sp³-hybridized carbons (Fsp3) is 0.500. The lowest BCUT2D eigenvalue weighted by Crippen LogP contribution is -2.47. The summed E-state index contributed by atoms with van der Waals surface area (Å²) in [6, 6.07) is 8.48. The van der Waals surface area contributed by atoms with Crippen LogP contribution in [0.5, 0.6) is 0 Å². The molecule has 16 heteroatoms. The van der Waals surface area contributed by atoms with Crippen LogP contribution in [0.4, 0.5) is 49.1 Å². The van der Waals surface area contributed by atoms with Gasteiger partial charge in [0.05, 0.1) is 21.9 Å². The van der Waals surface area contributed by atoms with Crippen LogP contribution in [0.3, 0.4) is 0 Å². The van der Waals surface area contributed by atoms with E-state index in [2.05, 4.69) is 0 Å². The summed E-state index contributed by atoms with van der Waals surface area (Å²) in [5, 5.41) is 39.9. The Kier molecular flexibility index (Phi) is 9.45. The van der Waals surface area contributed by atoms with Crippen molar-refractivity contribution in [1.29, 1.82) is 0 Å². The van der Waals surface area contributed by atoms with Crippen molar-refractivity contribution < 1.29 is 46.4 Å². The lowest BCUT2D eigenvalue weighted by Gasteiger charge is -2.31. The zero-order valence-electron chi connectivity index (χ0n) is 20.8. The number of nitrogens with zero attached hydrogens (tertiary/aromatic N) is 4. The standard InChI is InChI=1S/2C12H13F3N2O3/c2*13-12(14,15)11(18)10-2-1-7-16(10)8-3-5-9(6-4-8)17(19)20/h2*3-6,10-11,18H,1-2,7H2/t10-,11+;10-,11-/m00/s1. The molecular weight excluding hydrogens is 554 g/mol. The maximum absolute atomic E-state index is 12.6. The van der Waals surface area contributed by atoms with E-state index in [0.717, 1.165) is 0 Å². The smallest absolute Gasteiger partial charge is 0.382 e. The van der Waals surface area contributed by atoms with Gasteiger partial charge >= 0.3 is 12.4 Å². The van der Waals surface area contributed by atoms with Gasteiger partial charge in [-0.3, -0.25) is 20.2 Å². The molecule has 220 valence electrons. The molecule has 2 aliphatic rings. The second-order valence-electron chi connectivity index (χ2n) is 9.33. The lowest BCUT2D eigenvalue weighted by atomic mass is 10.1. The van der Waals surface area contributed by atoms with Gasteiger partial charge in [0.2, 0.25) is 0 Å². The summed E-state index contributed by atoms with van der Waals surface area (Å²) in [6.45, 7) is 0.769. The summed E-state index contributed by atoms with van der Waals surface area (Å²) >= 11 is 0. The number of non-ortho nitro benzene ring substituents is 2. The Hall–Kier alpha value is -3.66. The van der Waals surface area contributed by atoms with Crippen molar-refractivity contribution in [2.45, 2.75) is 62.3 Å². The van der Waals surface area contributed by atoms with Gasteiger partial charge in [0.25, 0.3) is 11.4 Å². The van der Waals surface area contributed by atoms with Gasteiger partial charge in [0.15, 0.2) is 12.2 Å². The number of anilines is 2. The Morgan fingerprint density at radius 1 is 0.675 bits per heavy atom. The molecule has 0 amide bonds. The molecule has 0 aliphatic carbocycles. The van der Waals surface area contributed by atoms with E-state index in [-0.39, 0.29) is 24.2 Å². The summed E-state index contributed by atoms with van der Waals surface area (Å²) in [7, 11) is 0. The van der Waals surface area contributed by atoms with Gasteiger partial charge in [-0.15, -0.1) is 0 Å². The fourth-order valence-corrected chi connectivity index (χ4v) is 4.85. The van der Waals surface area contributed by atoms with E-state index in [9.17, 15) is 56.8 Å². The van der Waals surface area contributed by atoms with E-state index in [1.54, 1.807) is 0 Å². The number of hydrogen-bond donors (Lipinski definition) is 2. The van der Waals surface area contributed by atoms with Crippen LogP contribution in [-0.4, -0.2) is 69.8 Å². The van der Waals surface area contributed by atoms with Crippen molar-refractivity contribution >= 4 is 22.7 Å². The quantitative estimate of drug-likeness (QED) is 0.278. The Labute approximate surface area is 223 Å². The van der Waals surface area contributed by atoms with Gasteiger partial charge in [-0.1, -0.05) is 0 Å². The number of aliphatic hydroxyl groups is 2. The van der Waals surface area contributed by atoms with Crippen molar-refractivity contribution in [3.8, 4) is 0 Å². The molecule has 4 atom stereocenters. The maximum Gasteiger partial charge on any atom is 0.416 e. The normalized spacial score (nSPS) is 21.0. The summed E-state index contributed by atoms with van der Waals surface area (Å²) in [5.74, 6) is 0.